The molecule has 28 heavy (non-hydrogen) atoms. The van der Waals surface area contributed by atoms with Crippen molar-refractivity contribution in [1.82, 2.24) is 9.55 Å². The Morgan fingerprint density at radius 1 is 1.11 bits per heavy atom. The number of halogens is 4. The molecule has 1 unspecified atom stereocenters. The molecule has 0 aliphatic rings. The summed E-state index contributed by atoms with van der Waals surface area (Å²) in [6.45, 7) is 4.21. The van der Waals surface area contributed by atoms with Crippen LogP contribution in [0.4, 0.5) is 17.6 Å². The molecule has 7 heteroatoms. The minimum Gasteiger partial charge on any atom is -0.379 e. The van der Waals surface area contributed by atoms with E-state index in [1.165, 1.54) is 29.0 Å². The number of alkyl halides is 3. The van der Waals surface area contributed by atoms with Gasteiger partial charge >= 0.3 is 6.18 Å². The quantitative estimate of drug-likeness (QED) is 0.608. The number of aryl methyl sites for hydroxylation is 1. The largest absolute Gasteiger partial charge is 0.418 e. The van der Waals surface area contributed by atoms with Crippen molar-refractivity contribution >= 4 is 11.0 Å². The maximum absolute atomic E-state index is 14.0. The molecule has 3 aromatic rings. The van der Waals surface area contributed by atoms with Gasteiger partial charge in [-0.2, -0.15) is 13.2 Å². The molecular formula is C21H22F4N2O. The summed E-state index contributed by atoms with van der Waals surface area (Å²) in [5.41, 5.74) is -1.95. The average molecular weight is 394 g/mol. The zero-order valence-electron chi connectivity index (χ0n) is 15.9. The van der Waals surface area contributed by atoms with Gasteiger partial charge in [0.2, 0.25) is 0 Å². The minimum absolute atomic E-state index is 0.439. The van der Waals surface area contributed by atoms with Crippen molar-refractivity contribution in [3.63, 3.8) is 0 Å². The number of hydrogen-bond acceptors (Lipinski definition) is 2. The Hall–Kier alpha value is -2.41. The molecule has 3 rings (SSSR count). The van der Waals surface area contributed by atoms with Gasteiger partial charge in [-0.05, 0) is 60.2 Å². The zero-order valence-corrected chi connectivity index (χ0v) is 15.9. The molecule has 2 heterocycles. The van der Waals surface area contributed by atoms with Gasteiger partial charge in [-0.15, -0.1) is 0 Å². The summed E-state index contributed by atoms with van der Waals surface area (Å²) in [6.07, 6.45) is -2.45. The Morgan fingerprint density at radius 2 is 1.82 bits per heavy atom. The standard InChI is InChI=1S/C21H22F4N2O/c1-14-6-7-15(22)11-16(14)19(2,3)12-20(28,21(23,24)25)13-27-10-8-17-18(27)5-4-9-26-17/h4-11,28H,12-13H2,1-3H3. The fraction of sp³-hybridized carbons (Fsp3) is 0.381. The number of fused-ring (bicyclic) bond motifs is 1. The van der Waals surface area contributed by atoms with Crippen LogP contribution in [0.15, 0.2) is 48.8 Å². The summed E-state index contributed by atoms with van der Waals surface area (Å²) in [7, 11) is 0. The topological polar surface area (TPSA) is 38.0 Å². The van der Waals surface area contributed by atoms with Gasteiger partial charge in [0.05, 0.1) is 17.6 Å². The van der Waals surface area contributed by atoms with E-state index in [0.717, 1.165) is 0 Å². The first-order valence-corrected chi connectivity index (χ1v) is 8.89. The van der Waals surface area contributed by atoms with Gasteiger partial charge < -0.3 is 9.67 Å². The lowest BCUT2D eigenvalue weighted by Gasteiger charge is -2.39. The predicted molar refractivity (Wildman–Crippen MR) is 99.5 cm³/mol. The number of rotatable bonds is 5. The van der Waals surface area contributed by atoms with E-state index in [9.17, 15) is 22.7 Å². The van der Waals surface area contributed by atoms with Gasteiger partial charge in [0.1, 0.15) is 5.82 Å². The van der Waals surface area contributed by atoms with E-state index in [4.69, 9.17) is 0 Å². The molecule has 0 spiro atoms. The van der Waals surface area contributed by atoms with E-state index in [1.54, 1.807) is 45.2 Å². The molecule has 0 aliphatic heterocycles. The molecule has 0 saturated carbocycles. The van der Waals surface area contributed by atoms with Crippen LogP contribution in [-0.4, -0.2) is 26.4 Å². The smallest absolute Gasteiger partial charge is 0.379 e. The molecule has 1 aromatic carbocycles. The molecule has 1 N–H and O–H groups in total. The van der Waals surface area contributed by atoms with Crippen LogP contribution < -0.4 is 0 Å². The van der Waals surface area contributed by atoms with E-state index < -0.39 is 36.0 Å². The highest BCUT2D eigenvalue weighted by atomic mass is 19.4. The Balaban J connectivity index is 2.01. The summed E-state index contributed by atoms with van der Waals surface area (Å²) in [4.78, 5) is 4.11. The number of hydrogen-bond donors (Lipinski definition) is 1. The first-order valence-electron chi connectivity index (χ1n) is 8.89. The van der Waals surface area contributed by atoms with Gasteiger partial charge in [-0.3, -0.25) is 4.98 Å². The van der Waals surface area contributed by atoms with E-state index in [-0.39, 0.29) is 0 Å². The van der Waals surface area contributed by atoms with E-state index in [0.29, 0.717) is 22.2 Å². The predicted octanol–water partition coefficient (Wildman–Crippen LogP) is 5.15. The maximum Gasteiger partial charge on any atom is 0.418 e. The molecule has 0 amide bonds. The van der Waals surface area contributed by atoms with E-state index in [1.807, 2.05) is 0 Å². The fourth-order valence-electron chi connectivity index (χ4n) is 3.84. The number of aliphatic hydroxyl groups is 1. The fourth-order valence-corrected chi connectivity index (χ4v) is 3.84. The summed E-state index contributed by atoms with van der Waals surface area (Å²) in [5.74, 6) is -0.522. The Morgan fingerprint density at radius 3 is 2.50 bits per heavy atom. The van der Waals surface area contributed by atoms with Gasteiger partial charge in [-0.25, -0.2) is 4.39 Å². The van der Waals surface area contributed by atoms with Crippen molar-refractivity contribution in [3.05, 3.63) is 65.7 Å². The number of aromatic nitrogens is 2. The Bertz CT molecular complexity index is 993. The highest BCUT2D eigenvalue weighted by Crippen LogP contribution is 2.43. The SMILES string of the molecule is Cc1ccc(F)cc1C(C)(C)CC(O)(Cn1ccc2ncccc21)C(F)(F)F. The molecule has 3 nitrogen and oxygen atoms in total. The van der Waals surface area contributed by atoms with Crippen LogP contribution in [0.25, 0.3) is 11.0 Å². The molecule has 0 radical (unpaired) electrons. The van der Waals surface area contributed by atoms with Crippen molar-refractivity contribution in [2.75, 3.05) is 0 Å². The van der Waals surface area contributed by atoms with E-state index >= 15 is 0 Å². The number of benzene rings is 1. The van der Waals surface area contributed by atoms with Crippen LogP contribution in [0.5, 0.6) is 0 Å². The van der Waals surface area contributed by atoms with E-state index in [2.05, 4.69) is 4.98 Å². The lowest BCUT2D eigenvalue weighted by atomic mass is 9.73. The second-order valence-corrected chi connectivity index (χ2v) is 7.90. The molecule has 2 aromatic heterocycles. The van der Waals surface area contributed by atoms with Crippen molar-refractivity contribution in [2.45, 2.75) is 50.9 Å². The molecular weight excluding hydrogens is 372 g/mol. The maximum atomic E-state index is 14.0. The van der Waals surface area contributed by atoms with Crippen LogP contribution in [0, 0.1) is 12.7 Å². The summed E-state index contributed by atoms with van der Waals surface area (Å²) < 4.78 is 57.0. The van der Waals surface area contributed by atoms with Crippen molar-refractivity contribution in [1.29, 1.82) is 0 Å². The van der Waals surface area contributed by atoms with Gasteiger partial charge in [-0.1, -0.05) is 19.9 Å². The molecule has 0 aliphatic carbocycles. The van der Waals surface area contributed by atoms with Crippen LogP contribution in [0.2, 0.25) is 0 Å². The lowest BCUT2D eigenvalue weighted by molar-refractivity contribution is -0.271. The molecule has 0 fully saturated rings. The third-order valence-electron chi connectivity index (χ3n) is 5.16. The Kier molecular flexibility index (Phi) is 5.00. The van der Waals surface area contributed by atoms with Crippen LogP contribution in [0.3, 0.4) is 0 Å². The highest BCUT2D eigenvalue weighted by Gasteiger charge is 2.56. The zero-order chi connectivity index (χ0) is 20.7. The molecule has 0 saturated heterocycles. The average Bonchev–Trinajstić information content (AvgIpc) is 2.98. The van der Waals surface area contributed by atoms with Crippen LogP contribution >= 0.6 is 0 Å². The molecule has 1 atom stereocenters. The van der Waals surface area contributed by atoms with Gasteiger partial charge in [0.25, 0.3) is 0 Å². The summed E-state index contributed by atoms with van der Waals surface area (Å²) >= 11 is 0. The third-order valence-corrected chi connectivity index (χ3v) is 5.16. The lowest BCUT2D eigenvalue weighted by Crippen LogP contribution is -2.52. The monoisotopic (exact) mass is 394 g/mol. The van der Waals surface area contributed by atoms with Crippen molar-refractivity contribution in [2.24, 2.45) is 0 Å². The second-order valence-electron chi connectivity index (χ2n) is 7.90. The van der Waals surface area contributed by atoms with Gasteiger partial charge in [0, 0.05) is 12.4 Å². The van der Waals surface area contributed by atoms with Crippen molar-refractivity contribution < 1.29 is 22.7 Å². The molecule has 150 valence electrons. The van der Waals surface area contributed by atoms with Crippen molar-refractivity contribution in [3.8, 4) is 0 Å². The number of pyridine rings is 1. The normalized spacial score (nSPS) is 15.0. The first kappa shape index (κ1) is 20.3. The summed E-state index contributed by atoms with van der Waals surface area (Å²) in [6, 6.07) is 8.93. The van der Waals surface area contributed by atoms with Gasteiger partial charge in [0.15, 0.2) is 5.60 Å². The Labute approximate surface area is 160 Å². The van der Waals surface area contributed by atoms with Crippen LogP contribution in [0.1, 0.15) is 31.4 Å². The summed E-state index contributed by atoms with van der Waals surface area (Å²) in [5, 5.41) is 10.8. The first-order chi connectivity index (χ1) is 12.9. The third kappa shape index (κ3) is 3.76. The minimum atomic E-state index is -4.87. The second kappa shape index (κ2) is 6.88. The highest BCUT2D eigenvalue weighted by molar-refractivity contribution is 5.75. The molecule has 0 bridgehead atoms. The number of nitrogens with zero attached hydrogens (tertiary/aromatic N) is 2. The van der Waals surface area contributed by atoms with Crippen LogP contribution in [-0.2, 0) is 12.0 Å².